The van der Waals surface area contributed by atoms with Gasteiger partial charge in [-0.1, -0.05) is 24.1 Å². The van der Waals surface area contributed by atoms with E-state index in [-0.39, 0.29) is 5.91 Å². The van der Waals surface area contributed by atoms with Crippen LogP contribution in [0.5, 0.6) is 0 Å². The second-order valence-electron chi connectivity index (χ2n) is 5.57. The molecule has 6 nitrogen and oxygen atoms in total. The first-order chi connectivity index (χ1) is 10.3. The molecular formula is C14H20ClN3O3S. The lowest BCUT2D eigenvalue weighted by Gasteiger charge is -2.35. The lowest BCUT2D eigenvalue weighted by atomic mass is 10.0. The minimum Gasteiger partial charge on any atom is -0.340 e. The van der Waals surface area contributed by atoms with Crippen LogP contribution in [0.4, 0.5) is 0 Å². The van der Waals surface area contributed by atoms with E-state index in [0.29, 0.717) is 24.7 Å². The van der Waals surface area contributed by atoms with Gasteiger partial charge in [-0.2, -0.15) is 4.31 Å². The van der Waals surface area contributed by atoms with Gasteiger partial charge in [-0.3, -0.25) is 4.79 Å². The quantitative estimate of drug-likeness (QED) is 0.775. The first-order valence-electron chi connectivity index (χ1n) is 7.11. The first kappa shape index (κ1) is 17.2. The zero-order valence-corrected chi connectivity index (χ0v) is 14.3. The number of halogens is 1. The highest BCUT2D eigenvalue weighted by Crippen LogP contribution is 2.22. The fourth-order valence-electron chi connectivity index (χ4n) is 2.65. The summed E-state index contributed by atoms with van der Waals surface area (Å²) < 4.78 is 25.0. The topological polar surface area (TPSA) is 70.6 Å². The number of carbonyl (C=O) groups excluding carboxylic acids is 1. The van der Waals surface area contributed by atoms with Gasteiger partial charge < -0.3 is 4.90 Å². The van der Waals surface area contributed by atoms with Gasteiger partial charge in [-0.05, 0) is 24.5 Å². The lowest BCUT2D eigenvalue weighted by molar-refractivity contribution is -0.135. The summed E-state index contributed by atoms with van der Waals surface area (Å²) in [6.07, 6.45) is 4.98. The van der Waals surface area contributed by atoms with E-state index in [2.05, 4.69) is 4.98 Å². The molecule has 1 aliphatic heterocycles. The van der Waals surface area contributed by atoms with Crippen LogP contribution in [-0.2, 0) is 21.4 Å². The van der Waals surface area contributed by atoms with Crippen molar-refractivity contribution in [2.24, 2.45) is 0 Å². The van der Waals surface area contributed by atoms with Crippen molar-refractivity contribution in [3.05, 3.63) is 29.0 Å². The van der Waals surface area contributed by atoms with Crippen molar-refractivity contribution in [2.75, 3.05) is 19.8 Å². The van der Waals surface area contributed by atoms with Crippen LogP contribution in [0.15, 0.2) is 18.3 Å². The number of likely N-dealkylation sites (N-methyl/N-ethyl adjacent to an activating group) is 1. The van der Waals surface area contributed by atoms with Crippen molar-refractivity contribution < 1.29 is 13.2 Å². The molecule has 1 atom stereocenters. The fourth-order valence-corrected chi connectivity index (χ4v) is 3.89. The van der Waals surface area contributed by atoms with Crippen molar-refractivity contribution in [1.29, 1.82) is 0 Å². The molecule has 1 aromatic heterocycles. The van der Waals surface area contributed by atoms with Crippen molar-refractivity contribution in [3.63, 3.8) is 0 Å². The number of pyridine rings is 1. The number of piperidine rings is 1. The third-order valence-corrected chi connectivity index (χ3v) is 5.26. The van der Waals surface area contributed by atoms with Gasteiger partial charge in [0.2, 0.25) is 15.9 Å². The normalized spacial score (nSPS) is 19.9. The van der Waals surface area contributed by atoms with Gasteiger partial charge in [0.15, 0.2) is 0 Å². The average molecular weight is 346 g/mol. The van der Waals surface area contributed by atoms with Crippen LogP contribution in [0.1, 0.15) is 24.8 Å². The van der Waals surface area contributed by atoms with E-state index in [0.717, 1.165) is 24.7 Å². The average Bonchev–Trinajstić information content (AvgIpc) is 2.48. The molecule has 2 heterocycles. The molecule has 1 fully saturated rings. The van der Waals surface area contributed by atoms with Gasteiger partial charge in [-0.15, -0.1) is 0 Å². The Hall–Kier alpha value is -1.18. The molecule has 0 spiro atoms. The fraction of sp³-hybridized carbons (Fsp3) is 0.571. The van der Waals surface area contributed by atoms with Gasteiger partial charge in [0.05, 0.1) is 6.26 Å². The Labute approximate surface area is 136 Å². The van der Waals surface area contributed by atoms with E-state index >= 15 is 0 Å². The molecule has 0 radical (unpaired) electrons. The molecule has 1 amide bonds. The molecule has 22 heavy (non-hydrogen) atoms. The van der Waals surface area contributed by atoms with E-state index in [1.165, 1.54) is 4.31 Å². The van der Waals surface area contributed by atoms with E-state index in [1.807, 2.05) is 0 Å². The molecule has 8 heteroatoms. The van der Waals surface area contributed by atoms with Crippen LogP contribution in [-0.4, -0.2) is 54.4 Å². The Bertz CT molecular complexity index is 633. The van der Waals surface area contributed by atoms with Gasteiger partial charge in [0.25, 0.3) is 0 Å². The second-order valence-corrected chi connectivity index (χ2v) is 7.89. The number of nitrogens with zero attached hydrogens (tertiary/aromatic N) is 3. The number of amides is 1. The SMILES string of the molecule is CN(Cc1ccc(Cl)nc1)C(=O)C1CCCCN1S(C)(=O)=O. The highest BCUT2D eigenvalue weighted by molar-refractivity contribution is 7.88. The van der Waals surface area contributed by atoms with Crippen molar-refractivity contribution in [1.82, 2.24) is 14.2 Å². The summed E-state index contributed by atoms with van der Waals surface area (Å²) >= 11 is 5.74. The zero-order valence-electron chi connectivity index (χ0n) is 12.7. The van der Waals surface area contributed by atoms with Gasteiger partial charge in [-0.25, -0.2) is 13.4 Å². The molecule has 0 saturated carbocycles. The van der Waals surface area contributed by atoms with E-state index in [1.54, 1.807) is 30.3 Å². The predicted molar refractivity (Wildman–Crippen MR) is 84.9 cm³/mol. The standard InChI is InChI=1S/C14H20ClN3O3S/c1-17(10-11-6-7-13(15)16-9-11)14(19)12-5-3-4-8-18(12)22(2,20)21/h6-7,9,12H,3-5,8,10H2,1-2H3. The number of rotatable bonds is 4. The van der Waals surface area contributed by atoms with Gasteiger partial charge in [0, 0.05) is 26.3 Å². The Balaban J connectivity index is 2.09. The summed E-state index contributed by atoms with van der Waals surface area (Å²) in [6.45, 7) is 0.780. The monoisotopic (exact) mass is 345 g/mol. The number of hydrogen-bond acceptors (Lipinski definition) is 4. The largest absolute Gasteiger partial charge is 0.340 e. The Morgan fingerprint density at radius 3 is 2.77 bits per heavy atom. The first-order valence-corrected chi connectivity index (χ1v) is 9.34. The number of sulfonamides is 1. The molecule has 2 rings (SSSR count). The number of hydrogen-bond donors (Lipinski definition) is 0. The lowest BCUT2D eigenvalue weighted by Crippen LogP contribution is -2.51. The predicted octanol–water partition coefficient (Wildman–Crippen LogP) is 1.51. The maximum atomic E-state index is 12.6. The number of carbonyl (C=O) groups is 1. The Kier molecular flexibility index (Phi) is 5.41. The third kappa shape index (κ3) is 4.18. The zero-order chi connectivity index (χ0) is 16.3. The molecule has 1 unspecified atom stereocenters. The molecule has 0 N–H and O–H groups in total. The summed E-state index contributed by atoms with van der Waals surface area (Å²) in [5.41, 5.74) is 0.849. The van der Waals surface area contributed by atoms with Crippen molar-refractivity contribution in [3.8, 4) is 0 Å². The smallest absolute Gasteiger partial charge is 0.241 e. The van der Waals surface area contributed by atoms with Gasteiger partial charge >= 0.3 is 0 Å². The Morgan fingerprint density at radius 2 is 2.18 bits per heavy atom. The highest BCUT2D eigenvalue weighted by atomic mass is 35.5. The maximum Gasteiger partial charge on any atom is 0.241 e. The molecule has 1 aromatic rings. The Morgan fingerprint density at radius 1 is 1.45 bits per heavy atom. The minimum absolute atomic E-state index is 0.180. The second kappa shape index (κ2) is 6.93. The molecule has 0 aliphatic carbocycles. The van der Waals surface area contributed by atoms with E-state index < -0.39 is 16.1 Å². The van der Waals surface area contributed by atoms with Crippen LogP contribution in [0.25, 0.3) is 0 Å². The minimum atomic E-state index is -3.38. The van der Waals surface area contributed by atoms with Crippen LogP contribution in [0, 0.1) is 0 Å². The summed E-state index contributed by atoms with van der Waals surface area (Å²) in [4.78, 5) is 18.1. The summed E-state index contributed by atoms with van der Waals surface area (Å²) in [6, 6.07) is 2.86. The molecule has 122 valence electrons. The molecule has 1 saturated heterocycles. The van der Waals surface area contributed by atoms with Crippen LogP contribution in [0.2, 0.25) is 5.15 Å². The molecule has 1 aliphatic rings. The molecular weight excluding hydrogens is 326 g/mol. The number of aromatic nitrogens is 1. The third-order valence-electron chi connectivity index (χ3n) is 3.75. The van der Waals surface area contributed by atoms with Crippen molar-refractivity contribution >= 4 is 27.5 Å². The summed E-state index contributed by atoms with van der Waals surface area (Å²) in [5.74, 6) is -0.180. The highest BCUT2D eigenvalue weighted by Gasteiger charge is 2.35. The van der Waals surface area contributed by atoms with E-state index in [4.69, 9.17) is 11.6 Å². The summed E-state index contributed by atoms with van der Waals surface area (Å²) in [7, 11) is -1.70. The van der Waals surface area contributed by atoms with Crippen LogP contribution >= 0.6 is 11.6 Å². The van der Waals surface area contributed by atoms with Crippen molar-refractivity contribution in [2.45, 2.75) is 31.8 Å². The molecule has 0 aromatic carbocycles. The van der Waals surface area contributed by atoms with Crippen LogP contribution < -0.4 is 0 Å². The molecule has 0 bridgehead atoms. The van der Waals surface area contributed by atoms with E-state index in [9.17, 15) is 13.2 Å². The van der Waals surface area contributed by atoms with Crippen LogP contribution in [0.3, 0.4) is 0 Å². The van der Waals surface area contributed by atoms with Gasteiger partial charge in [0.1, 0.15) is 11.2 Å². The maximum absolute atomic E-state index is 12.6. The summed E-state index contributed by atoms with van der Waals surface area (Å²) in [5, 5.41) is 0.397.